The van der Waals surface area contributed by atoms with Gasteiger partial charge in [0, 0.05) is 11.6 Å². The molecule has 1 aromatic rings. The van der Waals surface area contributed by atoms with Crippen LogP contribution in [-0.4, -0.2) is 17.3 Å². The van der Waals surface area contributed by atoms with Gasteiger partial charge in [0.1, 0.15) is 17.8 Å². The quantitative estimate of drug-likeness (QED) is 0.446. The number of hydrogen-bond acceptors (Lipinski definition) is 5. The number of rotatable bonds is 5. The number of hydrogen-bond donors (Lipinski definition) is 0. The van der Waals surface area contributed by atoms with Gasteiger partial charge in [-0.1, -0.05) is 0 Å². The molecule has 0 aliphatic carbocycles. The van der Waals surface area contributed by atoms with E-state index in [9.17, 15) is 31.1 Å². The summed E-state index contributed by atoms with van der Waals surface area (Å²) in [6, 6.07) is 2.65. The molecule has 0 fully saturated rings. The van der Waals surface area contributed by atoms with E-state index in [1.807, 2.05) is 0 Å². The van der Waals surface area contributed by atoms with E-state index in [2.05, 4.69) is 8.37 Å². The minimum absolute atomic E-state index is 0.192. The third kappa shape index (κ3) is 6.80. The van der Waals surface area contributed by atoms with Crippen LogP contribution in [0.5, 0.6) is 11.5 Å². The fourth-order valence-corrected chi connectivity index (χ4v) is 1.52. The van der Waals surface area contributed by atoms with Crippen molar-refractivity contribution in [1.29, 1.82) is 0 Å². The maximum atomic E-state index is 11.9. The average molecular weight is 338 g/mol. The van der Waals surface area contributed by atoms with Crippen molar-refractivity contribution < 1.29 is 39.5 Å². The number of carbonyl (C=O) groups is 1. The molecule has 0 saturated carbocycles. The lowest BCUT2D eigenvalue weighted by Crippen LogP contribution is -2.04. The summed E-state index contributed by atoms with van der Waals surface area (Å²) in [7, 11) is 0. The van der Waals surface area contributed by atoms with Crippen molar-refractivity contribution in [3.8, 4) is 11.5 Å². The SMILES string of the molecule is O=Cc1cc(OSC(F)(F)F)cc(OSC(F)(F)F)c1. The number of aldehydes is 1. The second-order valence-corrected chi connectivity index (χ2v) is 4.67. The Morgan fingerprint density at radius 2 is 1.25 bits per heavy atom. The summed E-state index contributed by atoms with van der Waals surface area (Å²) >= 11 is -1.72. The molecule has 0 aliphatic rings. The van der Waals surface area contributed by atoms with Gasteiger partial charge in [0.15, 0.2) is 24.1 Å². The zero-order valence-electron chi connectivity index (χ0n) is 9.12. The first-order valence-corrected chi connectivity index (χ1v) is 6.02. The summed E-state index contributed by atoms with van der Waals surface area (Å²) in [5, 5.41) is 0. The molecule has 0 heterocycles. The lowest BCUT2D eigenvalue weighted by Gasteiger charge is -2.10. The highest BCUT2D eigenvalue weighted by molar-refractivity contribution is 7.96. The highest BCUT2D eigenvalue weighted by Crippen LogP contribution is 2.36. The fourth-order valence-electron chi connectivity index (χ4n) is 0.949. The topological polar surface area (TPSA) is 35.5 Å². The van der Waals surface area contributed by atoms with E-state index in [-0.39, 0.29) is 11.8 Å². The summed E-state index contributed by atoms with van der Waals surface area (Å²) in [5.41, 5.74) is -9.58. The van der Waals surface area contributed by atoms with E-state index >= 15 is 0 Å². The Bertz CT molecular complexity index is 437. The molecule has 0 aromatic heterocycles. The van der Waals surface area contributed by atoms with E-state index in [1.54, 1.807) is 0 Å². The van der Waals surface area contributed by atoms with Gasteiger partial charge in [0.25, 0.3) is 0 Å². The molecule has 0 bridgehead atoms. The van der Waals surface area contributed by atoms with Crippen LogP contribution in [0.15, 0.2) is 18.2 Å². The Morgan fingerprint density at radius 3 is 1.55 bits per heavy atom. The molecule has 0 aliphatic heterocycles. The van der Waals surface area contributed by atoms with Gasteiger partial charge >= 0.3 is 11.0 Å². The summed E-state index contributed by atoms with van der Waals surface area (Å²) < 4.78 is 80.0. The summed E-state index contributed by atoms with van der Waals surface area (Å²) in [6.45, 7) is 0. The van der Waals surface area contributed by atoms with E-state index in [0.29, 0.717) is 0 Å². The molecular weight excluding hydrogens is 334 g/mol. The minimum Gasteiger partial charge on any atom is -0.417 e. The molecule has 0 radical (unpaired) electrons. The molecule has 0 amide bonds. The molecule has 0 atom stereocenters. The first kappa shape index (κ1) is 16.8. The van der Waals surface area contributed by atoms with Gasteiger partial charge in [0.05, 0.1) is 0 Å². The van der Waals surface area contributed by atoms with Gasteiger partial charge in [-0.05, 0) is 12.1 Å². The minimum atomic E-state index is -4.70. The maximum absolute atomic E-state index is 11.9. The predicted octanol–water partition coefficient (Wildman–Crippen LogP) is 4.59. The largest absolute Gasteiger partial charge is 0.479 e. The van der Waals surface area contributed by atoms with Crippen molar-refractivity contribution in [2.45, 2.75) is 11.0 Å². The predicted molar refractivity (Wildman–Crippen MR) is 60.4 cm³/mol. The zero-order chi connectivity index (χ0) is 15.4. The molecule has 1 aromatic carbocycles. The van der Waals surface area contributed by atoms with Crippen molar-refractivity contribution in [2.24, 2.45) is 0 Å². The molecule has 112 valence electrons. The Balaban J connectivity index is 2.82. The van der Waals surface area contributed by atoms with Gasteiger partial charge in [0.2, 0.25) is 0 Å². The fraction of sp³-hybridized carbons (Fsp3) is 0.222. The van der Waals surface area contributed by atoms with Crippen molar-refractivity contribution in [1.82, 2.24) is 0 Å². The molecule has 0 saturated heterocycles. The third-order valence-electron chi connectivity index (χ3n) is 1.50. The highest BCUT2D eigenvalue weighted by atomic mass is 32.2. The normalized spacial score (nSPS) is 12.1. The molecule has 3 nitrogen and oxygen atoms in total. The Kier molecular flexibility index (Phi) is 5.45. The smallest absolute Gasteiger partial charge is 0.417 e. The van der Waals surface area contributed by atoms with Crippen LogP contribution in [0.1, 0.15) is 10.4 Å². The van der Waals surface area contributed by atoms with Crippen LogP contribution in [0.4, 0.5) is 26.3 Å². The molecule has 0 N–H and O–H groups in total. The molecule has 0 spiro atoms. The Morgan fingerprint density at radius 1 is 0.850 bits per heavy atom. The van der Waals surface area contributed by atoms with E-state index in [1.165, 1.54) is 0 Å². The second-order valence-electron chi connectivity index (χ2n) is 3.08. The van der Waals surface area contributed by atoms with Crippen LogP contribution in [0.2, 0.25) is 0 Å². The van der Waals surface area contributed by atoms with Crippen LogP contribution in [0, 0.1) is 0 Å². The van der Waals surface area contributed by atoms with Gasteiger partial charge < -0.3 is 8.37 Å². The third-order valence-corrected chi connectivity index (χ3v) is 2.43. The van der Waals surface area contributed by atoms with E-state index in [0.717, 1.165) is 18.2 Å². The Labute approximate surface area is 117 Å². The van der Waals surface area contributed by atoms with E-state index in [4.69, 9.17) is 0 Å². The number of alkyl halides is 6. The standard InChI is InChI=1S/C9H4F6O3S2/c10-8(11,12)19-17-6-1-5(4-16)2-7(3-6)18-20-9(13,14)15/h1-4H. The number of benzene rings is 1. The van der Waals surface area contributed by atoms with Crippen molar-refractivity contribution in [3.05, 3.63) is 23.8 Å². The molecule has 20 heavy (non-hydrogen) atoms. The van der Waals surface area contributed by atoms with Gasteiger partial charge in [-0.15, -0.1) is 0 Å². The lowest BCUT2D eigenvalue weighted by molar-refractivity contribution is -0.0376. The van der Waals surface area contributed by atoms with Crippen LogP contribution < -0.4 is 8.37 Å². The van der Waals surface area contributed by atoms with Crippen LogP contribution >= 0.6 is 24.1 Å². The first-order valence-electron chi connectivity index (χ1n) is 4.54. The molecule has 1 rings (SSSR count). The summed E-state index contributed by atoms with van der Waals surface area (Å²) in [4.78, 5) is 10.5. The first-order chi connectivity index (χ1) is 9.09. The van der Waals surface area contributed by atoms with Crippen molar-refractivity contribution in [3.63, 3.8) is 0 Å². The second kappa shape index (κ2) is 6.48. The van der Waals surface area contributed by atoms with E-state index < -0.39 is 46.6 Å². The molecule has 11 heteroatoms. The maximum Gasteiger partial charge on any atom is 0.479 e. The van der Waals surface area contributed by atoms with Gasteiger partial charge in [-0.25, -0.2) is 0 Å². The number of halogens is 6. The monoisotopic (exact) mass is 338 g/mol. The summed E-state index contributed by atoms with van der Waals surface area (Å²) in [5.74, 6) is -0.926. The molecular formula is C9H4F6O3S2. The van der Waals surface area contributed by atoms with Gasteiger partial charge in [-0.2, -0.15) is 26.3 Å². The molecule has 0 unspecified atom stereocenters. The zero-order valence-corrected chi connectivity index (χ0v) is 10.8. The Hall–Kier alpha value is -1.23. The summed E-state index contributed by atoms with van der Waals surface area (Å²) in [6.07, 6.45) is 0.232. The lowest BCUT2D eigenvalue weighted by atomic mass is 10.2. The van der Waals surface area contributed by atoms with Gasteiger partial charge in [-0.3, -0.25) is 4.79 Å². The van der Waals surface area contributed by atoms with Crippen molar-refractivity contribution in [2.75, 3.05) is 0 Å². The highest BCUT2D eigenvalue weighted by Gasteiger charge is 2.32. The van der Waals surface area contributed by atoms with Crippen LogP contribution in [0.3, 0.4) is 0 Å². The van der Waals surface area contributed by atoms with Crippen molar-refractivity contribution >= 4 is 30.4 Å². The average Bonchev–Trinajstić information content (AvgIpc) is 2.32. The van der Waals surface area contributed by atoms with Crippen LogP contribution in [-0.2, 0) is 0 Å². The number of carbonyl (C=O) groups excluding carboxylic acids is 1. The van der Waals surface area contributed by atoms with Crippen LogP contribution in [0.25, 0.3) is 0 Å².